The molecule has 0 unspecified atom stereocenters. The van der Waals surface area contributed by atoms with Gasteiger partial charge < -0.3 is 10.6 Å². The quantitative estimate of drug-likeness (QED) is 0.726. The molecular formula is C18H14ClFN4O. The van der Waals surface area contributed by atoms with Gasteiger partial charge in [-0.15, -0.1) is 10.2 Å². The highest BCUT2D eigenvalue weighted by Crippen LogP contribution is 2.21. The predicted octanol–water partition coefficient (Wildman–Crippen LogP) is 3.94. The van der Waals surface area contributed by atoms with Gasteiger partial charge >= 0.3 is 0 Å². The first-order valence-electron chi connectivity index (χ1n) is 7.50. The molecule has 0 aliphatic heterocycles. The SMILES string of the molecule is O=C(NCc1ccccc1)c1ccc(Nc2ccc(F)c(Cl)c2)nn1. The molecule has 25 heavy (non-hydrogen) atoms. The van der Waals surface area contributed by atoms with Crippen molar-refractivity contribution >= 4 is 29.0 Å². The van der Waals surface area contributed by atoms with Gasteiger partial charge in [0.2, 0.25) is 0 Å². The molecule has 0 fully saturated rings. The van der Waals surface area contributed by atoms with E-state index in [9.17, 15) is 9.18 Å². The number of halogens is 2. The maximum atomic E-state index is 13.1. The summed E-state index contributed by atoms with van der Waals surface area (Å²) in [4.78, 5) is 12.1. The van der Waals surface area contributed by atoms with Crippen molar-refractivity contribution in [2.75, 3.05) is 5.32 Å². The smallest absolute Gasteiger partial charge is 0.272 e. The lowest BCUT2D eigenvalue weighted by molar-refractivity contribution is 0.0945. The van der Waals surface area contributed by atoms with Crippen molar-refractivity contribution in [2.45, 2.75) is 6.54 Å². The van der Waals surface area contributed by atoms with Crippen LogP contribution in [0.2, 0.25) is 5.02 Å². The molecule has 0 radical (unpaired) electrons. The molecule has 1 heterocycles. The van der Waals surface area contributed by atoms with Crippen molar-refractivity contribution in [3.05, 3.63) is 82.8 Å². The van der Waals surface area contributed by atoms with E-state index in [1.165, 1.54) is 18.2 Å². The third-order valence-electron chi connectivity index (χ3n) is 3.39. The number of rotatable bonds is 5. The van der Waals surface area contributed by atoms with E-state index >= 15 is 0 Å². The number of amides is 1. The number of benzene rings is 2. The van der Waals surface area contributed by atoms with Crippen LogP contribution in [0.25, 0.3) is 0 Å². The number of nitrogens with one attached hydrogen (secondary N) is 2. The van der Waals surface area contributed by atoms with Crippen molar-refractivity contribution < 1.29 is 9.18 Å². The Balaban J connectivity index is 1.61. The van der Waals surface area contributed by atoms with Crippen LogP contribution in [0.5, 0.6) is 0 Å². The molecule has 0 saturated carbocycles. The molecule has 0 saturated heterocycles. The van der Waals surface area contributed by atoms with E-state index in [1.807, 2.05) is 30.3 Å². The summed E-state index contributed by atoms with van der Waals surface area (Å²) < 4.78 is 13.1. The predicted molar refractivity (Wildman–Crippen MR) is 94.3 cm³/mol. The summed E-state index contributed by atoms with van der Waals surface area (Å²) >= 11 is 5.73. The highest BCUT2D eigenvalue weighted by Gasteiger charge is 2.08. The van der Waals surface area contributed by atoms with Gasteiger partial charge in [0, 0.05) is 12.2 Å². The van der Waals surface area contributed by atoms with E-state index in [1.54, 1.807) is 12.1 Å². The number of anilines is 2. The Hall–Kier alpha value is -2.99. The number of nitrogens with zero attached hydrogens (tertiary/aromatic N) is 2. The van der Waals surface area contributed by atoms with Gasteiger partial charge in [-0.3, -0.25) is 4.79 Å². The lowest BCUT2D eigenvalue weighted by Crippen LogP contribution is -2.24. The maximum absolute atomic E-state index is 13.1. The zero-order valence-electron chi connectivity index (χ0n) is 13.0. The Bertz CT molecular complexity index is 872. The van der Waals surface area contributed by atoms with Gasteiger partial charge in [-0.25, -0.2) is 4.39 Å². The van der Waals surface area contributed by atoms with Gasteiger partial charge in [0.05, 0.1) is 5.02 Å². The summed E-state index contributed by atoms with van der Waals surface area (Å²) in [6, 6.07) is 17.0. The van der Waals surface area contributed by atoms with Crippen LogP contribution in [0.4, 0.5) is 15.9 Å². The van der Waals surface area contributed by atoms with E-state index in [-0.39, 0.29) is 16.6 Å². The van der Waals surface area contributed by atoms with Crippen LogP contribution in [0, 0.1) is 5.82 Å². The molecule has 7 heteroatoms. The largest absolute Gasteiger partial charge is 0.347 e. The molecule has 3 aromatic rings. The zero-order valence-corrected chi connectivity index (χ0v) is 13.8. The summed E-state index contributed by atoms with van der Waals surface area (Å²) in [7, 11) is 0. The van der Waals surface area contributed by atoms with Crippen LogP contribution in [0.3, 0.4) is 0 Å². The van der Waals surface area contributed by atoms with Crippen molar-refractivity contribution in [2.24, 2.45) is 0 Å². The van der Waals surface area contributed by atoms with Gasteiger partial charge in [0.15, 0.2) is 11.5 Å². The molecular weight excluding hydrogens is 343 g/mol. The van der Waals surface area contributed by atoms with Crippen molar-refractivity contribution in [1.29, 1.82) is 0 Å². The third kappa shape index (κ3) is 4.51. The summed E-state index contributed by atoms with van der Waals surface area (Å²) in [5.74, 6) is -0.390. The number of hydrogen-bond acceptors (Lipinski definition) is 4. The molecule has 0 bridgehead atoms. The molecule has 3 rings (SSSR count). The van der Waals surface area contributed by atoms with Gasteiger partial charge in [-0.05, 0) is 35.9 Å². The molecule has 126 valence electrons. The Morgan fingerprint density at radius 2 is 1.84 bits per heavy atom. The Morgan fingerprint density at radius 1 is 1.04 bits per heavy atom. The molecule has 2 aromatic carbocycles. The van der Waals surface area contributed by atoms with Crippen LogP contribution in [-0.4, -0.2) is 16.1 Å². The monoisotopic (exact) mass is 356 g/mol. The highest BCUT2D eigenvalue weighted by atomic mass is 35.5. The van der Waals surface area contributed by atoms with E-state index in [2.05, 4.69) is 20.8 Å². The van der Waals surface area contributed by atoms with E-state index in [4.69, 9.17) is 11.6 Å². The second-order valence-electron chi connectivity index (χ2n) is 5.23. The Morgan fingerprint density at radius 3 is 2.52 bits per heavy atom. The molecule has 0 aliphatic carbocycles. The first-order chi connectivity index (χ1) is 12.1. The molecule has 0 aliphatic rings. The second-order valence-corrected chi connectivity index (χ2v) is 5.63. The van der Waals surface area contributed by atoms with Gasteiger partial charge in [-0.1, -0.05) is 41.9 Å². The van der Waals surface area contributed by atoms with E-state index in [0.29, 0.717) is 18.1 Å². The Labute approximate surface area is 148 Å². The molecule has 0 atom stereocenters. The minimum Gasteiger partial charge on any atom is -0.347 e. The molecule has 0 spiro atoms. The average molecular weight is 357 g/mol. The van der Waals surface area contributed by atoms with Gasteiger partial charge in [0.25, 0.3) is 5.91 Å². The number of carbonyl (C=O) groups is 1. The van der Waals surface area contributed by atoms with E-state index in [0.717, 1.165) is 5.56 Å². The van der Waals surface area contributed by atoms with Crippen LogP contribution in [-0.2, 0) is 6.54 Å². The van der Waals surface area contributed by atoms with Gasteiger partial charge in [-0.2, -0.15) is 0 Å². The first-order valence-corrected chi connectivity index (χ1v) is 7.87. The normalized spacial score (nSPS) is 10.3. The topological polar surface area (TPSA) is 66.9 Å². The number of aromatic nitrogens is 2. The number of hydrogen-bond donors (Lipinski definition) is 2. The standard InChI is InChI=1S/C18H14ClFN4O/c19-14-10-13(6-7-15(14)20)22-17-9-8-16(23-24-17)18(25)21-11-12-4-2-1-3-5-12/h1-10H,11H2,(H,21,25)(H,22,24). The van der Waals surface area contributed by atoms with Crippen LogP contribution in [0.15, 0.2) is 60.7 Å². The lowest BCUT2D eigenvalue weighted by Gasteiger charge is -2.07. The molecule has 1 aromatic heterocycles. The fourth-order valence-electron chi connectivity index (χ4n) is 2.11. The average Bonchev–Trinajstić information content (AvgIpc) is 2.64. The van der Waals surface area contributed by atoms with Crippen LogP contribution >= 0.6 is 11.6 Å². The number of carbonyl (C=O) groups excluding carboxylic acids is 1. The van der Waals surface area contributed by atoms with Crippen LogP contribution in [0.1, 0.15) is 16.1 Å². The summed E-state index contributed by atoms with van der Waals surface area (Å²) in [5.41, 5.74) is 1.77. The minimum absolute atomic E-state index is 0.00914. The molecule has 2 N–H and O–H groups in total. The Kier molecular flexibility index (Phi) is 5.20. The van der Waals surface area contributed by atoms with Crippen molar-refractivity contribution in [1.82, 2.24) is 15.5 Å². The highest BCUT2D eigenvalue weighted by molar-refractivity contribution is 6.31. The second kappa shape index (κ2) is 7.72. The van der Waals surface area contributed by atoms with Crippen LogP contribution < -0.4 is 10.6 Å². The molecule has 1 amide bonds. The first kappa shape index (κ1) is 16.9. The van der Waals surface area contributed by atoms with E-state index < -0.39 is 5.82 Å². The molecule has 5 nitrogen and oxygen atoms in total. The fraction of sp³-hybridized carbons (Fsp3) is 0.0556. The zero-order chi connectivity index (χ0) is 17.6. The summed E-state index contributed by atoms with van der Waals surface area (Å²) in [6.45, 7) is 0.412. The van der Waals surface area contributed by atoms with Crippen molar-refractivity contribution in [3.63, 3.8) is 0 Å². The van der Waals surface area contributed by atoms with Crippen molar-refractivity contribution in [3.8, 4) is 0 Å². The summed E-state index contributed by atoms with van der Waals surface area (Å²) in [6.07, 6.45) is 0. The summed E-state index contributed by atoms with van der Waals surface area (Å²) in [5, 5.41) is 13.6. The minimum atomic E-state index is -0.497. The fourth-order valence-corrected chi connectivity index (χ4v) is 2.29. The third-order valence-corrected chi connectivity index (χ3v) is 3.67. The lowest BCUT2D eigenvalue weighted by atomic mass is 10.2. The maximum Gasteiger partial charge on any atom is 0.272 e. The van der Waals surface area contributed by atoms with Gasteiger partial charge in [0.1, 0.15) is 5.82 Å².